The first-order valence-electron chi connectivity index (χ1n) is 5.91. The lowest BCUT2D eigenvalue weighted by Crippen LogP contribution is -2.15. The molecule has 1 amide bonds. The molecular weight excluding hydrogens is 284 g/mol. The molecule has 20 heavy (non-hydrogen) atoms. The van der Waals surface area contributed by atoms with Gasteiger partial charge in [0.2, 0.25) is 0 Å². The minimum atomic E-state index is -1.16. The van der Waals surface area contributed by atoms with Gasteiger partial charge in [0.1, 0.15) is 0 Å². The molecule has 0 bridgehead atoms. The van der Waals surface area contributed by atoms with Crippen LogP contribution in [0, 0.1) is 11.6 Å². The molecule has 7 heteroatoms. The number of rotatable bonds is 4. The van der Waals surface area contributed by atoms with Gasteiger partial charge >= 0.3 is 0 Å². The third-order valence-corrected chi connectivity index (χ3v) is 3.59. The number of hydrogen-bond donors (Lipinski definition) is 2. The fraction of sp³-hybridized carbons (Fsp3) is 0.231. The average molecular weight is 297 g/mol. The maximum Gasteiger partial charge on any atom is 0.260 e. The average Bonchev–Trinajstić information content (AvgIpc) is 2.89. The van der Waals surface area contributed by atoms with E-state index < -0.39 is 17.5 Å². The summed E-state index contributed by atoms with van der Waals surface area (Å²) in [6.07, 6.45) is 0. The van der Waals surface area contributed by atoms with E-state index >= 15 is 0 Å². The lowest BCUT2D eigenvalue weighted by molar-refractivity contribution is 0.102. The zero-order valence-corrected chi connectivity index (χ0v) is 11.7. The van der Waals surface area contributed by atoms with Gasteiger partial charge in [-0.1, -0.05) is 6.07 Å². The number of nitrogens with one attached hydrogen (secondary N) is 2. The molecule has 106 valence electrons. The molecule has 1 unspecified atom stereocenters. The number of thiazole rings is 1. The summed E-state index contributed by atoms with van der Waals surface area (Å²) in [4.78, 5) is 16.1. The first-order valence-corrected chi connectivity index (χ1v) is 6.79. The van der Waals surface area contributed by atoms with Crippen LogP contribution < -0.4 is 10.6 Å². The summed E-state index contributed by atoms with van der Waals surface area (Å²) < 4.78 is 26.5. The minimum absolute atomic E-state index is 0.0443. The molecule has 2 rings (SSSR count). The standard InChI is InChI=1S/C13H13F2N3OS/c1-7(16-2)10-6-20-13(17-10)18-12(19)8-4-3-5-9(14)11(8)15/h3-7,16H,1-2H3,(H,17,18,19). The van der Waals surface area contributed by atoms with E-state index in [1.165, 1.54) is 23.5 Å². The van der Waals surface area contributed by atoms with Crippen molar-refractivity contribution in [1.29, 1.82) is 0 Å². The van der Waals surface area contributed by atoms with Crippen molar-refractivity contribution in [3.63, 3.8) is 0 Å². The minimum Gasteiger partial charge on any atom is -0.312 e. The zero-order chi connectivity index (χ0) is 14.7. The predicted octanol–water partition coefficient (Wildman–Crippen LogP) is 2.95. The SMILES string of the molecule is CNC(C)c1csc(NC(=O)c2cccc(F)c2F)n1. The summed E-state index contributed by atoms with van der Waals surface area (Å²) in [6, 6.07) is 3.51. The van der Waals surface area contributed by atoms with Gasteiger partial charge in [-0.15, -0.1) is 11.3 Å². The second-order valence-electron chi connectivity index (χ2n) is 4.14. The summed E-state index contributed by atoms with van der Waals surface area (Å²) in [5.74, 6) is -2.94. The number of amides is 1. The molecule has 1 aromatic carbocycles. The molecule has 0 spiro atoms. The lowest BCUT2D eigenvalue weighted by atomic mass is 10.2. The Kier molecular flexibility index (Phi) is 4.41. The van der Waals surface area contributed by atoms with Crippen LogP contribution in [0.5, 0.6) is 0 Å². The van der Waals surface area contributed by atoms with E-state index in [9.17, 15) is 13.6 Å². The normalized spacial score (nSPS) is 12.2. The molecule has 4 nitrogen and oxygen atoms in total. The molecule has 0 aliphatic heterocycles. The van der Waals surface area contributed by atoms with Gasteiger partial charge < -0.3 is 5.32 Å². The second-order valence-corrected chi connectivity index (χ2v) is 5.00. The number of halogens is 2. The first-order chi connectivity index (χ1) is 9.52. The topological polar surface area (TPSA) is 54.0 Å². The van der Waals surface area contributed by atoms with Crippen molar-refractivity contribution in [2.45, 2.75) is 13.0 Å². The quantitative estimate of drug-likeness (QED) is 0.912. The van der Waals surface area contributed by atoms with Crippen molar-refractivity contribution in [2.75, 3.05) is 12.4 Å². The number of aromatic nitrogens is 1. The molecule has 1 aromatic heterocycles. The van der Waals surface area contributed by atoms with Gasteiger partial charge in [-0.2, -0.15) is 0 Å². The molecule has 0 aliphatic rings. The summed E-state index contributed by atoms with van der Waals surface area (Å²) >= 11 is 1.23. The Labute approximate surface area is 118 Å². The van der Waals surface area contributed by atoms with E-state index in [0.717, 1.165) is 11.8 Å². The van der Waals surface area contributed by atoms with E-state index in [1.54, 1.807) is 12.4 Å². The van der Waals surface area contributed by atoms with Gasteiger partial charge in [0.15, 0.2) is 16.8 Å². The highest BCUT2D eigenvalue weighted by Gasteiger charge is 2.17. The van der Waals surface area contributed by atoms with Crippen molar-refractivity contribution in [3.8, 4) is 0 Å². The number of anilines is 1. The number of carbonyl (C=O) groups is 1. The van der Waals surface area contributed by atoms with Crippen molar-refractivity contribution < 1.29 is 13.6 Å². The summed E-state index contributed by atoms with van der Waals surface area (Å²) in [5.41, 5.74) is 0.427. The number of carbonyl (C=O) groups excluding carboxylic acids is 1. The van der Waals surface area contributed by atoms with Crippen molar-refractivity contribution in [3.05, 3.63) is 46.5 Å². The molecule has 2 aromatic rings. The predicted molar refractivity (Wildman–Crippen MR) is 73.9 cm³/mol. The van der Waals surface area contributed by atoms with E-state index in [0.29, 0.717) is 5.13 Å². The van der Waals surface area contributed by atoms with Crippen LogP contribution in [0.2, 0.25) is 0 Å². The molecule has 0 saturated carbocycles. The molecule has 0 aliphatic carbocycles. The van der Waals surface area contributed by atoms with Crippen LogP contribution in [0.15, 0.2) is 23.6 Å². The third-order valence-electron chi connectivity index (χ3n) is 2.82. The van der Waals surface area contributed by atoms with Crippen LogP contribution in [0.4, 0.5) is 13.9 Å². The van der Waals surface area contributed by atoms with E-state index in [2.05, 4.69) is 15.6 Å². The summed E-state index contributed by atoms with van der Waals surface area (Å²) in [6.45, 7) is 1.92. The molecule has 1 atom stereocenters. The van der Waals surface area contributed by atoms with Gasteiger partial charge in [0.05, 0.1) is 11.3 Å². The lowest BCUT2D eigenvalue weighted by Gasteiger charge is -2.05. The summed E-state index contributed by atoms with van der Waals surface area (Å²) in [7, 11) is 1.80. The molecule has 1 heterocycles. The molecule has 0 fully saturated rings. The Bertz CT molecular complexity index is 630. The molecule has 2 N–H and O–H groups in total. The highest BCUT2D eigenvalue weighted by molar-refractivity contribution is 7.14. The van der Waals surface area contributed by atoms with Gasteiger partial charge in [0.25, 0.3) is 5.91 Å². The Morgan fingerprint density at radius 1 is 1.40 bits per heavy atom. The van der Waals surface area contributed by atoms with Crippen LogP contribution >= 0.6 is 11.3 Å². The van der Waals surface area contributed by atoms with Crippen LogP contribution in [-0.4, -0.2) is 17.9 Å². The second kappa shape index (κ2) is 6.06. The van der Waals surface area contributed by atoms with Gasteiger partial charge in [0, 0.05) is 11.4 Å². The van der Waals surface area contributed by atoms with Crippen LogP contribution in [0.25, 0.3) is 0 Å². The Balaban J connectivity index is 2.15. The van der Waals surface area contributed by atoms with E-state index in [1.807, 2.05) is 6.92 Å². The van der Waals surface area contributed by atoms with Crippen molar-refractivity contribution in [2.24, 2.45) is 0 Å². The fourth-order valence-corrected chi connectivity index (χ4v) is 2.33. The number of nitrogens with zero attached hydrogens (tertiary/aromatic N) is 1. The molecule has 0 saturated heterocycles. The van der Waals surface area contributed by atoms with Crippen LogP contribution in [-0.2, 0) is 0 Å². The van der Waals surface area contributed by atoms with Crippen molar-refractivity contribution in [1.82, 2.24) is 10.3 Å². The maximum absolute atomic E-state index is 13.5. The van der Waals surface area contributed by atoms with E-state index in [4.69, 9.17) is 0 Å². The van der Waals surface area contributed by atoms with Crippen LogP contribution in [0.3, 0.4) is 0 Å². The van der Waals surface area contributed by atoms with Gasteiger partial charge in [-0.25, -0.2) is 13.8 Å². The van der Waals surface area contributed by atoms with Crippen LogP contribution in [0.1, 0.15) is 29.0 Å². The Morgan fingerprint density at radius 3 is 2.85 bits per heavy atom. The molecule has 0 radical (unpaired) electrons. The Morgan fingerprint density at radius 2 is 2.15 bits per heavy atom. The van der Waals surface area contributed by atoms with Gasteiger partial charge in [-0.3, -0.25) is 10.1 Å². The highest BCUT2D eigenvalue weighted by atomic mass is 32.1. The summed E-state index contributed by atoms with van der Waals surface area (Å²) in [5, 5.41) is 7.61. The number of benzene rings is 1. The highest BCUT2D eigenvalue weighted by Crippen LogP contribution is 2.21. The fourth-order valence-electron chi connectivity index (χ4n) is 1.53. The molecular formula is C13H13F2N3OS. The third kappa shape index (κ3) is 3.00. The zero-order valence-electron chi connectivity index (χ0n) is 10.9. The Hall–Kier alpha value is -1.86. The van der Waals surface area contributed by atoms with E-state index in [-0.39, 0.29) is 11.6 Å². The smallest absolute Gasteiger partial charge is 0.260 e. The van der Waals surface area contributed by atoms with Crippen molar-refractivity contribution >= 4 is 22.4 Å². The maximum atomic E-state index is 13.5. The number of hydrogen-bond acceptors (Lipinski definition) is 4. The largest absolute Gasteiger partial charge is 0.312 e. The van der Waals surface area contributed by atoms with Gasteiger partial charge in [-0.05, 0) is 26.1 Å². The first kappa shape index (κ1) is 14.5. The monoisotopic (exact) mass is 297 g/mol.